The number of carbonyl (C=O) groups excluding carboxylic acids is 1. The number of thiophene rings is 1. The van der Waals surface area contributed by atoms with Gasteiger partial charge in [-0.05, 0) is 23.8 Å². The highest BCUT2D eigenvalue weighted by atomic mass is 35.5. The third kappa shape index (κ3) is 4.05. The van der Waals surface area contributed by atoms with Crippen LogP contribution in [0.3, 0.4) is 0 Å². The molecule has 0 aliphatic carbocycles. The van der Waals surface area contributed by atoms with Crippen LogP contribution >= 0.6 is 22.9 Å². The summed E-state index contributed by atoms with van der Waals surface area (Å²) >= 11 is 7.82. The Bertz CT molecular complexity index is 970. The van der Waals surface area contributed by atoms with Crippen LogP contribution in [-0.2, 0) is 4.74 Å². The number of fused-ring (bicyclic) bond motifs is 1. The molecule has 1 aromatic heterocycles. The fraction of sp³-hybridized carbons (Fsp3) is 0.286. The first-order valence-electron chi connectivity index (χ1n) is 9.16. The zero-order valence-corrected chi connectivity index (χ0v) is 16.7. The maximum absolute atomic E-state index is 13.4. The van der Waals surface area contributed by atoms with Gasteiger partial charge in [-0.2, -0.15) is 0 Å². The molecule has 1 unspecified atom stereocenters. The Morgan fingerprint density at radius 1 is 1.18 bits per heavy atom. The lowest BCUT2D eigenvalue weighted by Crippen LogP contribution is -2.43. The second-order valence-electron chi connectivity index (χ2n) is 6.67. The van der Waals surface area contributed by atoms with Crippen molar-refractivity contribution in [2.75, 3.05) is 32.8 Å². The Balaban J connectivity index is 1.53. The second-order valence-corrected chi connectivity index (χ2v) is 8.10. The van der Waals surface area contributed by atoms with E-state index in [9.17, 15) is 9.18 Å². The van der Waals surface area contributed by atoms with E-state index in [4.69, 9.17) is 16.3 Å². The smallest absolute Gasteiger partial charge is 0.262 e. The number of nitrogens with one attached hydrogen (secondary N) is 1. The fourth-order valence-electron chi connectivity index (χ4n) is 3.46. The number of amides is 1. The Kier molecular flexibility index (Phi) is 5.92. The van der Waals surface area contributed by atoms with Crippen LogP contribution in [0.1, 0.15) is 21.3 Å². The van der Waals surface area contributed by atoms with Gasteiger partial charge in [-0.3, -0.25) is 9.69 Å². The minimum absolute atomic E-state index is 0.0541. The number of hydrogen-bond donors (Lipinski definition) is 1. The number of nitrogens with zero attached hydrogens (tertiary/aromatic N) is 1. The Morgan fingerprint density at radius 3 is 2.61 bits per heavy atom. The largest absolute Gasteiger partial charge is 0.379 e. The van der Waals surface area contributed by atoms with Gasteiger partial charge in [0, 0.05) is 29.7 Å². The molecule has 1 saturated heterocycles. The molecule has 4 rings (SSSR count). The maximum atomic E-state index is 13.4. The number of halogens is 2. The lowest BCUT2D eigenvalue weighted by molar-refractivity contribution is 0.0162. The molecule has 0 radical (unpaired) electrons. The molecule has 2 heterocycles. The van der Waals surface area contributed by atoms with Gasteiger partial charge in [0.2, 0.25) is 0 Å². The van der Waals surface area contributed by atoms with E-state index in [1.54, 1.807) is 12.1 Å². The molecular formula is C21H20ClFN2O2S. The molecule has 4 nitrogen and oxygen atoms in total. The molecule has 7 heteroatoms. The van der Waals surface area contributed by atoms with Gasteiger partial charge in [-0.1, -0.05) is 41.9 Å². The third-order valence-corrected chi connectivity index (χ3v) is 6.61. The summed E-state index contributed by atoms with van der Waals surface area (Å²) < 4.78 is 19.8. The van der Waals surface area contributed by atoms with Crippen molar-refractivity contribution in [2.24, 2.45) is 0 Å². The van der Waals surface area contributed by atoms with E-state index in [0.29, 0.717) is 29.7 Å². The minimum atomic E-state index is -0.273. The first kappa shape index (κ1) is 19.3. The molecule has 28 heavy (non-hydrogen) atoms. The van der Waals surface area contributed by atoms with Gasteiger partial charge in [-0.25, -0.2) is 4.39 Å². The molecule has 3 aromatic rings. The van der Waals surface area contributed by atoms with Gasteiger partial charge in [0.15, 0.2) is 0 Å². The van der Waals surface area contributed by atoms with E-state index in [2.05, 4.69) is 10.2 Å². The van der Waals surface area contributed by atoms with Crippen LogP contribution in [0.25, 0.3) is 10.1 Å². The summed E-state index contributed by atoms with van der Waals surface area (Å²) in [5.74, 6) is -0.461. The molecule has 0 spiro atoms. The monoisotopic (exact) mass is 418 g/mol. The van der Waals surface area contributed by atoms with Gasteiger partial charge in [0.1, 0.15) is 10.7 Å². The first-order valence-corrected chi connectivity index (χ1v) is 10.4. The van der Waals surface area contributed by atoms with Crippen molar-refractivity contribution in [3.05, 3.63) is 69.8 Å². The van der Waals surface area contributed by atoms with Crippen molar-refractivity contribution in [2.45, 2.75) is 6.04 Å². The number of rotatable bonds is 5. The molecule has 1 N–H and O–H groups in total. The quantitative estimate of drug-likeness (QED) is 0.663. The summed E-state index contributed by atoms with van der Waals surface area (Å²) in [6.07, 6.45) is 0. The third-order valence-electron chi connectivity index (χ3n) is 4.94. The van der Waals surface area contributed by atoms with Gasteiger partial charge in [0.25, 0.3) is 5.91 Å². The summed E-state index contributed by atoms with van der Waals surface area (Å²) in [6.45, 7) is 3.24. The van der Waals surface area contributed by atoms with E-state index >= 15 is 0 Å². The van der Waals surface area contributed by atoms with Crippen molar-refractivity contribution in [3.8, 4) is 0 Å². The zero-order valence-electron chi connectivity index (χ0n) is 15.2. The normalized spacial score (nSPS) is 16.2. The molecule has 1 atom stereocenters. The van der Waals surface area contributed by atoms with Crippen LogP contribution in [0.15, 0.2) is 48.5 Å². The van der Waals surface area contributed by atoms with Crippen LogP contribution in [0.2, 0.25) is 5.02 Å². The molecule has 146 valence electrons. The summed E-state index contributed by atoms with van der Waals surface area (Å²) in [5, 5.41) is 4.40. The summed E-state index contributed by atoms with van der Waals surface area (Å²) in [6, 6.07) is 14.1. The molecule has 0 bridgehead atoms. The molecule has 1 fully saturated rings. The Hall–Kier alpha value is -1.99. The van der Waals surface area contributed by atoms with Gasteiger partial charge < -0.3 is 10.1 Å². The van der Waals surface area contributed by atoms with Crippen molar-refractivity contribution in [3.63, 3.8) is 0 Å². The van der Waals surface area contributed by atoms with Crippen molar-refractivity contribution in [1.82, 2.24) is 10.2 Å². The first-order chi connectivity index (χ1) is 13.6. The second kappa shape index (κ2) is 8.57. The molecular weight excluding hydrogens is 399 g/mol. The van der Waals surface area contributed by atoms with Crippen LogP contribution in [0.5, 0.6) is 0 Å². The fourth-order valence-corrected chi connectivity index (χ4v) is 4.89. The van der Waals surface area contributed by atoms with Crippen molar-refractivity contribution < 1.29 is 13.9 Å². The topological polar surface area (TPSA) is 41.6 Å². The minimum Gasteiger partial charge on any atom is -0.379 e. The van der Waals surface area contributed by atoms with Crippen molar-refractivity contribution >= 4 is 38.9 Å². The summed E-state index contributed by atoms with van der Waals surface area (Å²) in [7, 11) is 0. The molecule has 1 aliphatic rings. The predicted molar refractivity (Wildman–Crippen MR) is 111 cm³/mol. The Morgan fingerprint density at radius 2 is 1.89 bits per heavy atom. The van der Waals surface area contributed by atoms with Crippen molar-refractivity contribution in [1.29, 1.82) is 0 Å². The number of hydrogen-bond acceptors (Lipinski definition) is 4. The van der Waals surface area contributed by atoms with Gasteiger partial charge >= 0.3 is 0 Å². The standard InChI is InChI=1S/C21H20ClFN2O2S/c22-19-16-3-1-2-4-18(16)28-20(19)21(26)24-13-17(25-9-11-27-12-10-25)14-5-7-15(23)8-6-14/h1-8,17H,9-13H2,(H,24,26). The lowest BCUT2D eigenvalue weighted by atomic mass is 10.0. The number of benzene rings is 2. The lowest BCUT2D eigenvalue weighted by Gasteiger charge is -2.34. The SMILES string of the molecule is O=C(NCC(c1ccc(F)cc1)N1CCOCC1)c1sc2ccccc2c1Cl. The van der Waals surface area contributed by atoms with Gasteiger partial charge in [0.05, 0.1) is 24.3 Å². The van der Waals surface area contributed by atoms with Gasteiger partial charge in [-0.15, -0.1) is 11.3 Å². The highest BCUT2D eigenvalue weighted by Gasteiger charge is 2.24. The highest BCUT2D eigenvalue weighted by molar-refractivity contribution is 7.21. The summed E-state index contributed by atoms with van der Waals surface area (Å²) in [4.78, 5) is 15.6. The van der Waals surface area contributed by atoms with Crippen LogP contribution in [0.4, 0.5) is 4.39 Å². The van der Waals surface area contributed by atoms with Crippen LogP contribution < -0.4 is 5.32 Å². The maximum Gasteiger partial charge on any atom is 0.262 e. The zero-order chi connectivity index (χ0) is 19.5. The number of carbonyl (C=O) groups is 1. The van der Waals surface area contributed by atoms with E-state index in [1.807, 2.05) is 24.3 Å². The van der Waals surface area contributed by atoms with Crippen LogP contribution in [-0.4, -0.2) is 43.7 Å². The van der Waals surface area contributed by atoms with E-state index in [-0.39, 0.29) is 17.8 Å². The van der Waals surface area contributed by atoms with E-state index < -0.39 is 0 Å². The highest BCUT2D eigenvalue weighted by Crippen LogP contribution is 2.35. The number of morpholine rings is 1. The predicted octanol–water partition coefficient (Wildman–Crippen LogP) is 4.50. The molecule has 0 saturated carbocycles. The Labute approximate surface area is 171 Å². The van der Waals surface area contributed by atoms with Crippen LogP contribution in [0, 0.1) is 5.82 Å². The van der Waals surface area contributed by atoms with E-state index in [0.717, 1.165) is 28.7 Å². The number of ether oxygens (including phenoxy) is 1. The molecule has 1 amide bonds. The molecule has 1 aliphatic heterocycles. The molecule has 2 aromatic carbocycles. The summed E-state index contributed by atoms with van der Waals surface area (Å²) in [5.41, 5.74) is 0.964. The average Bonchev–Trinajstić information content (AvgIpc) is 3.07. The van der Waals surface area contributed by atoms with E-state index in [1.165, 1.54) is 23.5 Å². The average molecular weight is 419 g/mol.